The van der Waals surface area contributed by atoms with Crippen LogP contribution in [0.1, 0.15) is 5.56 Å². The first-order chi connectivity index (χ1) is 7.30. The number of rotatable bonds is 4. The minimum absolute atomic E-state index is 0. The molecule has 1 nitrogen and oxygen atoms in total. The summed E-state index contributed by atoms with van der Waals surface area (Å²) < 4.78 is 37.0. The molecule has 0 fully saturated rings. The van der Waals surface area contributed by atoms with Crippen LogP contribution in [0, 0.1) is 6.92 Å². The topological polar surface area (TPSA) is 3.24 Å². The standard InChI is InChI=1S/C11H14BF3N.K/c1-9-4-6-11(7-5-9)16(3)8-10(2)12(13,14)15;/h4-7H,2,8H2,1,3H3;/q-1;+1. The molecule has 6 heteroatoms. The predicted molar refractivity (Wildman–Crippen MR) is 62.7 cm³/mol. The predicted octanol–water partition coefficient (Wildman–Crippen LogP) is 0.378. The maximum atomic E-state index is 12.3. The van der Waals surface area contributed by atoms with Gasteiger partial charge in [0, 0.05) is 19.3 Å². The van der Waals surface area contributed by atoms with E-state index in [-0.39, 0.29) is 57.9 Å². The van der Waals surface area contributed by atoms with E-state index >= 15 is 0 Å². The van der Waals surface area contributed by atoms with Crippen molar-refractivity contribution in [3.8, 4) is 0 Å². The molecule has 1 rings (SSSR count). The molecule has 0 radical (unpaired) electrons. The van der Waals surface area contributed by atoms with Crippen molar-refractivity contribution in [2.45, 2.75) is 6.92 Å². The van der Waals surface area contributed by atoms with E-state index in [1.807, 2.05) is 19.1 Å². The molecule has 1 aromatic rings. The molecule has 1 aromatic carbocycles. The van der Waals surface area contributed by atoms with Crippen LogP contribution in [0.2, 0.25) is 0 Å². The molecular formula is C11H14BF3KN. The zero-order valence-corrected chi connectivity index (χ0v) is 13.5. The summed E-state index contributed by atoms with van der Waals surface area (Å²) in [6.45, 7) is -0.128. The molecule has 0 spiro atoms. The Labute approximate surface area is 143 Å². The summed E-state index contributed by atoms with van der Waals surface area (Å²) in [6, 6.07) is 7.33. The molecule has 0 aliphatic heterocycles. The van der Waals surface area contributed by atoms with E-state index < -0.39 is 12.4 Å². The Morgan fingerprint density at radius 3 is 2.12 bits per heavy atom. The quantitative estimate of drug-likeness (QED) is 0.713. The Balaban J connectivity index is 0.00000256. The number of nitrogens with zero attached hydrogens (tertiary/aromatic N) is 1. The summed E-state index contributed by atoms with van der Waals surface area (Å²) >= 11 is 0. The summed E-state index contributed by atoms with van der Waals surface area (Å²) in [7, 11) is 1.62. The second-order valence-electron chi connectivity index (χ2n) is 3.92. The molecule has 0 bridgehead atoms. The van der Waals surface area contributed by atoms with Crippen molar-refractivity contribution < 1.29 is 64.3 Å². The molecule has 0 atom stereocenters. The van der Waals surface area contributed by atoms with E-state index in [9.17, 15) is 12.9 Å². The maximum absolute atomic E-state index is 12.3. The van der Waals surface area contributed by atoms with Crippen LogP contribution in [0.4, 0.5) is 18.6 Å². The van der Waals surface area contributed by atoms with Gasteiger partial charge < -0.3 is 17.8 Å². The first kappa shape index (κ1) is 17.3. The van der Waals surface area contributed by atoms with Crippen LogP contribution in [0.25, 0.3) is 0 Å². The average molecular weight is 267 g/mol. The number of hydrogen-bond acceptors (Lipinski definition) is 1. The van der Waals surface area contributed by atoms with Crippen LogP contribution < -0.4 is 56.3 Å². The first-order valence-corrected chi connectivity index (χ1v) is 4.96. The van der Waals surface area contributed by atoms with Crippen molar-refractivity contribution in [2.75, 3.05) is 18.5 Å². The molecule has 88 valence electrons. The summed E-state index contributed by atoms with van der Waals surface area (Å²) in [4.78, 5) is 1.54. The van der Waals surface area contributed by atoms with Gasteiger partial charge in [-0.05, 0) is 19.1 Å². The molecule has 0 amide bonds. The third-order valence-corrected chi connectivity index (χ3v) is 2.38. The second-order valence-corrected chi connectivity index (χ2v) is 3.92. The average Bonchev–Trinajstić information content (AvgIpc) is 2.17. The van der Waals surface area contributed by atoms with Crippen molar-refractivity contribution in [3.05, 3.63) is 41.9 Å². The molecule has 0 aromatic heterocycles. The smallest absolute Gasteiger partial charge is 0.445 e. The van der Waals surface area contributed by atoms with Gasteiger partial charge in [0.05, 0.1) is 0 Å². The van der Waals surface area contributed by atoms with E-state index in [4.69, 9.17) is 0 Å². The Kier molecular flexibility index (Phi) is 7.10. The van der Waals surface area contributed by atoms with Crippen LogP contribution in [-0.4, -0.2) is 20.6 Å². The fourth-order valence-corrected chi connectivity index (χ4v) is 1.30. The minimum Gasteiger partial charge on any atom is -0.445 e. The minimum atomic E-state index is -4.94. The summed E-state index contributed by atoms with van der Waals surface area (Å²) in [5, 5.41) is 0. The zero-order valence-electron chi connectivity index (χ0n) is 10.4. The maximum Gasteiger partial charge on any atom is 1.00 e. The Morgan fingerprint density at radius 2 is 1.71 bits per heavy atom. The van der Waals surface area contributed by atoms with Crippen LogP contribution in [0.5, 0.6) is 0 Å². The SMILES string of the molecule is C=C(CN(C)c1ccc(C)cc1)[B-](F)(F)F.[K+]. The molecule has 0 N–H and O–H groups in total. The normalized spacial score (nSPS) is 10.6. The van der Waals surface area contributed by atoms with Gasteiger partial charge in [0.1, 0.15) is 0 Å². The number of anilines is 1. The summed E-state index contributed by atoms with van der Waals surface area (Å²) in [5.41, 5.74) is 1.16. The van der Waals surface area contributed by atoms with E-state index in [1.54, 1.807) is 19.2 Å². The molecular weight excluding hydrogens is 253 g/mol. The monoisotopic (exact) mass is 267 g/mol. The van der Waals surface area contributed by atoms with Gasteiger partial charge in [0.25, 0.3) is 0 Å². The van der Waals surface area contributed by atoms with E-state index in [2.05, 4.69) is 6.58 Å². The van der Waals surface area contributed by atoms with Crippen molar-refractivity contribution >= 4 is 12.7 Å². The van der Waals surface area contributed by atoms with Gasteiger partial charge in [-0.1, -0.05) is 17.7 Å². The Hall–Kier alpha value is 0.251. The van der Waals surface area contributed by atoms with E-state index in [1.165, 1.54) is 4.90 Å². The summed E-state index contributed by atoms with van der Waals surface area (Å²) in [6.07, 6.45) is 0. The van der Waals surface area contributed by atoms with Crippen molar-refractivity contribution in [1.82, 2.24) is 0 Å². The van der Waals surface area contributed by atoms with Crippen molar-refractivity contribution in [2.24, 2.45) is 0 Å². The van der Waals surface area contributed by atoms with Gasteiger partial charge in [0.2, 0.25) is 0 Å². The fourth-order valence-electron chi connectivity index (χ4n) is 1.30. The van der Waals surface area contributed by atoms with Crippen molar-refractivity contribution in [3.63, 3.8) is 0 Å². The molecule has 0 heterocycles. The first-order valence-electron chi connectivity index (χ1n) is 4.96. The third kappa shape index (κ3) is 5.61. The van der Waals surface area contributed by atoms with Gasteiger partial charge in [-0.15, -0.1) is 12.1 Å². The molecule has 17 heavy (non-hydrogen) atoms. The second kappa shape index (κ2) is 6.99. The number of benzene rings is 1. The van der Waals surface area contributed by atoms with Gasteiger partial charge in [-0.2, -0.15) is 0 Å². The largest absolute Gasteiger partial charge is 1.00 e. The van der Waals surface area contributed by atoms with E-state index in [0.29, 0.717) is 0 Å². The van der Waals surface area contributed by atoms with Gasteiger partial charge in [0.15, 0.2) is 0 Å². The number of halogens is 3. The number of likely N-dealkylation sites (N-methyl/N-ethyl adjacent to an activating group) is 1. The molecule has 0 saturated heterocycles. The Morgan fingerprint density at radius 1 is 1.24 bits per heavy atom. The molecule has 0 saturated carbocycles. The third-order valence-electron chi connectivity index (χ3n) is 2.38. The van der Waals surface area contributed by atoms with Gasteiger partial charge >= 0.3 is 58.4 Å². The fraction of sp³-hybridized carbons (Fsp3) is 0.273. The van der Waals surface area contributed by atoms with Crippen LogP contribution in [0.15, 0.2) is 36.3 Å². The van der Waals surface area contributed by atoms with Crippen molar-refractivity contribution in [1.29, 1.82) is 0 Å². The van der Waals surface area contributed by atoms with Crippen LogP contribution in [0.3, 0.4) is 0 Å². The summed E-state index contributed by atoms with van der Waals surface area (Å²) in [5.74, 6) is 0. The molecule has 0 unspecified atom stereocenters. The van der Waals surface area contributed by atoms with Gasteiger partial charge in [-0.3, -0.25) is 0 Å². The molecule has 0 aliphatic carbocycles. The van der Waals surface area contributed by atoms with Gasteiger partial charge in [-0.25, -0.2) is 0 Å². The Bertz CT molecular complexity index is 375. The van der Waals surface area contributed by atoms with Crippen LogP contribution >= 0.6 is 0 Å². The molecule has 0 aliphatic rings. The zero-order chi connectivity index (χ0) is 12.3. The van der Waals surface area contributed by atoms with E-state index in [0.717, 1.165) is 11.3 Å². The number of aryl methyl sites for hydroxylation is 1. The van der Waals surface area contributed by atoms with Crippen LogP contribution in [-0.2, 0) is 0 Å². The number of hydrogen-bond donors (Lipinski definition) is 0.